The Morgan fingerprint density at radius 2 is 1.69 bits per heavy atom. The van der Waals surface area contributed by atoms with E-state index >= 15 is 0 Å². The van der Waals surface area contributed by atoms with Gasteiger partial charge in [-0.1, -0.05) is 0 Å². The second-order valence-corrected chi connectivity index (χ2v) is 5.04. The minimum absolute atomic E-state index is 0.0563. The highest BCUT2D eigenvalue weighted by atomic mass is 16.6. The van der Waals surface area contributed by atoms with Gasteiger partial charge in [-0.25, -0.2) is 0 Å². The lowest BCUT2D eigenvalue weighted by Crippen LogP contribution is -2.28. The molecule has 96 valence electrons. The molecule has 2 atom stereocenters. The van der Waals surface area contributed by atoms with Crippen molar-refractivity contribution in [2.75, 3.05) is 20.3 Å². The van der Waals surface area contributed by atoms with E-state index in [1.54, 1.807) is 7.11 Å². The molecule has 0 aliphatic heterocycles. The molecule has 0 aliphatic rings. The molecule has 0 heterocycles. The van der Waals surface area contributed by atoms with Gasteiger partial charge >= 0.3 is 5.97 Å². The molecule has 16 heavy (non-hydrogen) atoms. The molecule has 0 saturated heterocycles. The van der Waals surface area contributed by atoms with Gasteiger partial charge in [0.25, 0.3) is 0 Å². The Labute approximate surface area is 98.3 Å². The third kappa shape index (κ3) is 6.80. The smallest absolute Gasteiger partial charge is 0.311 e. The Kier molecular flexibility index (Phi) is 6.60. The lowest BCUT2D eigenvalue weighted by Gasteiger charge is -2.20. The summed E-state index contributed by atoms with van der Waals surface area (Å²) >= 11 is 0. The van der Waals surface area contributed by atoms with Gasteiger partial charge < -0.3 is 14.2 Å². The quantitative estimate of drug-likeness (QED) is 0.657. The van der Waals surface area contributed by atoms with Crippen molar-refractivity contribution in [1.29, 1.82) is 0 Å². The highest BCUT2D eigenvalue weighted by molar-refractivity contribution is 5.75. The molecule has 0 saturated carbocycles. The van der Waals surface area contributed by atoms with Crippen LogP contribution in [0.25, 0.3) is 0 Å². The molecule has 2 unspecified atom stereocenters. The zero-order valence-corrected chi connectivity index (χ0v) is 11.2. The first-order chi connectivity index (χ1) is 7.27. The lowest BCUT2D eigenvalue weighted by molar-refractivity contribution is -0.157. The van der Waals surface area contributed by atoms with Gasteiger partial charge in [0.15, 0.2) is 0 Å². The van der Waals surface area contributed by atoms with Crippen molar-refractivity contribution in [3.8, 4) is 0 Å². The topological polar surface area (TPSA) is 44.8 Å². The Morgan fingerprint density at radius 1 is 1.12 bits per heavy atom. The standard InChI is InChI=1S/C12H24O4/c1-9(14-6)7-15-10(2)8-16-11(13)12(3,4)5/h9-10H,7-8H2,1-6H3. The highest BCUT2D eigenvalue weighted by Crippen LogP contribution is 2.15. The summed E-state index contributed by atoms with van der Waals surface area (Å²) in [6.07, 6.45) is -0.0512. The molecule has 0 N–H and O–H groups in total. The zero-order chi connectivity index (χ0) is 12.8. The minimum atomic E-state index is -0.459. The number of hydrogen-bond donors (Lipinski definition) is 0. The first-order valence-electron chi connectivity index (χ1n) is 5.59. The summed E-state index contributed by atoms with van der Waals surface area (Å²) in [5, 5.41) is 0. The van der Waals surface area contributed by atoms with E-state index in [4.69, 9.17) is 14.2 Å². The second kappa shape index (κ2) is 6.86. The zero-order valence-electron chi connectivity index (χ0n) is 11.2. The van der Waals surface area contributed by atoms with E-state index in [1.165, 1.54) is 0 Å². The van der Waals surface area contributed by atoms with Crippen LogP contribution in [0.1, 0.15) is 34.6 Å². The molecule has 0 aromatic carbocycles. The molecule has 0 radical (unpaired) electrons. The Balaban J connectivity index is 3.73. The molecule has 4 nitrogen and oxygen atoms in total. The van der Waals surface area contributed by atoms with Crippen LogP contribution >= 0.6 is 0 Å². The molecular formula is C12H24O4. The first-order valence-corrected chi connectivity index (χ1v) is 5.59. The molecule has 4 heteroatoms. The summed E-state index contributed by atoms with van der Waals surface area (Å²) in [6, 6.07) is 0. The van der Waals surface area contributed by atoms with Crippen molar-refractivity contribution in [2.24, 2.45) is 5.41 Å². The number of ether oxygens (including phenoxy) is 3. The van der Waals surface area contributed by atoms with Crippen LogP contribution in [-0.2, 0) is 19.0 Å². The molecule has 0 aromatic rings. The average Bonchev–Trinajstić information content (AvgIpc) is 2.20. The molecule has 0 fully saturated rings. The third-order valence-electron chi connectivity index (χ3n) is 2.08. The number of esters is 1. The second-order valence-electron chi connectivity index (χ2n) is 5.04. The number of rotatable bonds is 6. The fourth-order valence-electron chi connectivity index (χ4n) is 0.825. The molecular weight excluding hydrogens is 208 g/mol. The van der Waals surface area contributed by atoms with Crippen LogP contribution in [-0.4, -0.2) is 38.5 Å². The fraction of sp³-hybridized carbons (Fsp3) is 0.917. The lowest BCUT2D eigenvalue weighted by atomic mass is 9.97. The van der Waals surface area contributed by atoms with Crippen LogP contribution in [0.5, 0.6) is 0 Å². The summed E-state index contributed by atoms with van der Waals surface area (Å²) in [7, 11) is 1.64. The average molecular weight is 232 g/mol. The van der Waals surface area contributed by atoms with Crippen molar-refractivity contribution in [3.63, 3.8) is 0 Å². The summed E-state index contributed by atoms with van der Waals surface area (Å²) in [5.41, 5.74) is -0.459. The van der Waals surface area contributed by atoms with E-state index in [9.17, 15) is 4.79 Å². The largest absolute Gasteiger partial charge is 0.463 e. The number of hydrogen-bond acceptors (Lipinski definition) is 4. The highest BCUT2D eigenvalue weighted by Gasteiger charge is 2.23. The summed E-state index contributed by atoms with van der Waals surface area (Å²) < 4.78 is 15.6. The Morgan fingerprint density at radius 3 is 2.12 bits per heavy atom. The molecule has 0 amide bonds. The van der Waals surface area contributed by atoms with Gasteiger partial charge in [0.1, 0.15) is 6.61 Å². The first kappa shape index (κ1) is 15.4. The van der Waals surface area contributed by atoms with Crippen LogP contribution in [0, 0.1) is 5.41 Å². The monoisotopic (exact) mass is 232 g/mol. The fourth-order valence-corrected chi connectivity index (χ4v) is 0.825. The van der Waals surface area contributed by atoms with Crippen LogP contribution in [0.15, 0.2) is 0 Å². The van der Waals surface area contributed by atoms with Gasteiger partial charge in [-0.2, -0.15) is 0 Å². The Bertz CT molecular complexity index is 208. The normalized spacial score (nSPS) is 15.6. The minimum Gasteiger partial charge on any atom is -0.463 e. The van der Waals surface area contributed by atoms with Crippen LogP contribution in [0.4, 0.5) is 0 Å². The SMILES string of the molecule is COC(C)COC(C)COC(=O)C(C)(C)C. The predicted molar refractivity (Wildman–Crippen MR) is 62.3 cm³/mol. The van der Waals surface area contributed by atoms with E-state index in [-0.39, 0.29) is 24.8 Å². The van der Waals surface area contributed by atoms with Crippen LogP contribution in [0.2, 0.25) is 0 Å². The van der Waals surface area contributed by atoms with E-state index < -0.39 is 5.41 Å². The van der Waals surface area contributed by atoms with Crippen molar-refractivity contribution in [2.45, 2.75) is 46.8 Å². The van der Waals surface area contributed by atoms with Gasteiger partial charge in [-0.05, 0) is 34.6 Å². The molecule has 0 spiro atoms. The van der Waals surface area contributed by atoms with E-state index in [0.717, 1.165) is 0 Å². The predicted octanol–water partition coefficient (Wildman–Crippen LogP) is 2.02. The van der Waals surface area contributed by atoms with Crippen molar-refractivity contribution < 1.29 is 19.0 Å². The van der Waals surface area contributed by atoms with Gasteiger partial charge in [0, 0.05) is 7.11 Å². The van der Waals surface area contributed by atoms with Crippen molar-refractivity contribution in [1.82, 2.24) is 0 Å². The number of carbonyl (C=O) groups is 1. The van der Waals surface area contributed by atoms with E-state index in [0.29, 0.717) is 6.61 Å². The number of methoxy groups -OCH3 is 1. The van der Waals surface area contributed by atoms with E-state index in [1.807, 2.05) is 34.6 Å². The number of carbonyl (C=O) groups excluding carboxylic acids is 1. The van der Waals surface area contributed by atoms with Crippen LogP contribution in [0.3, 0.4) is 0 Å². The van der Waals surface area contributed by atoms with Crippen molar-refractivity contribution >= 4 is 5.97 Å². The van der Waals surface area contributed by atoms with Gasteiger partial charge in [-0.15, -0.1) is 0 Å². The maximum Gasteiger partial charge on any atom is 0.311 e. The molecule has 0 rings (SSSR count). The summed E-state index contributed by atoms with van der Waals surface area (Å²) in [6.45, 7) is 10.1. The van der Waals surface area contributed by atoms with Crippen LogP contribution < -0.4 is 0 Å². The maximum absolute atomic E-state index is 11.5. The van der Waals surface area contributed by atoms with Crippen molar-refractivity contribution in [3.05, 3.63) is 0 Å². The van der Waals surface area contributed by atoms with E-state index in [2.05, 4.69) is 0 Å². The molecule has 0 aromatic heterocycles. The van der Waals surface area contributed by atoms with Gasteiger partial charge in [-0.3, -0.25) is 4.79 Å². The molecule has 0 aliphatic carbocycles. The Hall–Kier alpha value is -0.610. The third-order valence-corrected chi connectivity index (χ3v) is 2.08. The summed E-state index contributed by atoms with van der Waals surface area (Å²) in [4.78, 5) is 11.5. The molecule has 0 bridgehead atoms. The van der Waals surface area contributed by atoms with Gasteiger partial charge in [0.05, 0.1) is 24.2 Å². The van der Waals surface area contributed by atoms with Gasteiger partial charge in [0.2, 0.25) is 0 Å². The summed E-state index contributed by atoms with van der Waals surface area (Å²) in [5.74, 6) is -0.206. The maximum atomic E-state index is 11.5.